The number of fused-ring (bicyclic) bond motifs is 5. The quantitative estimate of drug-likeness (QED) is 0.130. The molecule has 0 spiro atoms. The van der Waals surface area contributed by atoms with Gasteiger partial charge in [0.1, 0.15) is 17.1 Å². The Hall–Kier alpha value is -5.28. The number of phenolic OH excluding ortho intramolecular Hbond substituents is 1. The standard InChI is InChI=1S/C34H28ClN5O4/c1-2-31(42)36-21-7-9-25-18(11-21)13-27(38-25)33(43)37-22-8-10-26-19(12-22)14-28(39-26)34(44)40-17-20(16-35)32-24-6-4-3-5-23(24)30(41)15-29(32)40/h3-15,20,38-39,41H,2,16-17H2,1H3,(H,36,42)(H,37,43). The van der Waals surface area contributed by atoms with Crippen molar-refractivity contribution in [3.63, 3.8) is 0 Å². The molecule has 3 amide bonds. The second kappa shape index (κ2) is 10.8. The maximum Gasteiger partial charge on any atom is 0.274 e. The van der Waals surface area contributed by atoms with E-state index in [0.717, 1.165) is 38.1 Å². The summed E-state index contributed by atoms with van der Waals surface area (Å²) in [6, 6.07) is 23.5. The Morgan fingerprint density at radius 2 is 1.50 bits per heavy atom. The highest BCUT2D eigenvalue weighted by Crippen LogP contribution is 2.45. The Morgan fingerprint density at radius 3 is 2.18 bits per heavy atom. The largest absolute Gasteiger partial charge is 0.507 e. The van der Waals surface area contributed by atoms with Crippen LogP contribution in [0.2, 0.25) is 0 Å². The van der Waals surface area contributed by atoms with Gasteiger partial charge in [-0.1, -0.05) is 31.2 Å². The summed E-state index contributed by atoms with van der Waals surface area (Å²) in [7, 11) is 0. The van der Waals surface area contributed by atoms with Crippen LogP contribution in [0.25, 0.3) is 32.6 Å². The molecule has 0 saturated carbocycles. The van der Waals surface area contributed by atoms with Crippen LogP contribution in [0.5, 0.6) is 5.75 Å². The maximum atomic E-state index is 13.8. The fourth-order valence-electron chi connectivity index (χ4n) is 6.00. The van der Waals surface area contributed by atoms with Crippen LogP contribution in [-0.2, 0) is 4.79 Å². The van der Waals surface area contributed by atoms with Crippen LogP contribution < -0.4 is 15.5 Å². The van der Waals surface area contributed by atoms with E-state index >= 15 is 0 Å². The highest BCUT2D eigenvalue weighted by Gasteiger charge is 2.35. The van der Waals surface area contributed by atoms with E-state index in [-0.39, 0.29) is 29.4 Å². The lowest BCUT2D eigenvalue weighted by atomic mass is 9.95. The van der Waals surface area contributed by atoms with E-state index in [0.29, 0.717) is 47.3 Å². The van der Waals surface area contributed by atoms with E-state index < -0.39 is 0 Å². The summed E-state index contributed by atoms with van der Waals surface area (Å²) >= 11 is 6.35. The molecule has 4 aromatic carbocycles. The summed E-state index contributed by atoms with van der Waals surface area (Å²) < 4.78 is 0. The molecule has 1 atom stereocenters. The van der Waals surface area contributed by atoms with Crippen molar-refractivity contribution in [3.8, 4) is 5.75 Å². The van der Waals surface area contributed by atoms with E-state index in [2.05, 4.69) is 20.6 Å². The molecule has 0 fully saturated rings. The number of amides is 3. The smallest absolute Gasteiger partial charge is 0.274 e. The van der Waals surface area contributed by atoms with Crippen LogP contribution in [0.3, 0.4) is 0 Å². The number of hydrogen-bond donors (Lipinski definition) is 5. The van der Waals surface area contributed by atoms with Crippen LogP contribution in [0.1, 0.15) is 45.8 Å². The number of carbonyl (C=O) groups is 3. The number of aromatic amines is 2. The normalized spacial score (nSPS) is 14.3. The first kappa shape index (κ1) is 27.5. The number of anilines is 3. The molecule has 3 heterocycles. The van der Waals surface area contributed by atoms with Crippen molar-refractivity contribution in [2.45, 2.75) is 19.3 Å². The monoisotopic (exact) mass is 605 g/mol. The zero-order chi connectivity index (χ0) is 30.5. The molecule has 9 nitrogen and oxygen atoms in total. The molecule has 1 unspecified atom stereocenters. The van der Waals surface area contributed by atoms with Crippen molar-refractivity contribution < 1.29 is 19.5 Å². The predicted molar refractivity (Wildman–Crippen MR) is 174 cm³/mol. The summed E-state index contributed by atoms with van der Waals surface area (Å²) in [6.45, 7) is 2.19. The van der Waals surface area contributed by atoms with Gasteiger partial charge >= 0.3 is 0 Å². The molecular formula is C34H28ClN5O4. The molecule has 44 heavy (non-hydrogen) atoms. The van der Waals surface area contributed by atoms with Gasteiger partial charge in [-0.05, 0) is 59.5 Å². The number of carbonyl (C=O) groups excluding carboxylic acids is 3. The molecule has 0 radical (unpaired) electrons. The van der Waals surface area contributed by atoms with E-state index in [1.807, 2.05) is 42.5 Å². The number of aromatic hydroxyl groups is 1. The summed E-state index contributed by atoms with van der Waals surface area (Å²) in [6.07, 6.45) is 0.378. The molecule has 0 bridgehead atoms. The lowest BCUT2D eigenvalue weighted by molar-refractivity contribution is -0.115. The average molecular weight is 606 g/mol. The minimum atomic E-state index is -0.320. The number of rotatable bonds is 6. The lowest BCUT2D eigenvalue weighted by Crippen LogP contribution is -2.30. The number of aromatic nitrogens is 2. The van der Waals surface area contributed by atoms with Gasteiger partial charge in [-0.3, -0.25) is 14.4 Å². The third-order valence-electron chi connectivity index (χ3n) is 8.16. The van der Waals surface area contributed by atoms with Gasteiger partial charge in [0, 0.05) is 69.4 Å². The Morgan fingerprint density at radius 1 is 0.864 bits per heavy atom. The Bertz CT molecular complexity index is 2130. The molecule has 1 aliphatic rings. The molecular weight excluding hydrogens is 578 g/mol. The molecule has 6 aromatic rings. The number of nitrogens with one attached hydrogen (secondary N) is 4. The third-order valence-corrected chi connectivity index (χ3v) is 8.53. The lowest BCUT2D eigenvalue weighted by Gasteiger charge is -2.17. The number of alkyl halides is 1. The Labute approximate surface area is 256 Å². The Kier molecular flexibility index (Phi) is 6.74. The molecule has 1 aliphatic heterocycles. The molecule has 10 heteroatoms. The molecule has 7 rings (SSSR count). The fourth-order valence-corrected chi connectivity index (χ4v) is 6.25. The number of halogens is 1. The van der Waals surface area contributed by atoms with Gasteiger partial charge < -0.3 is 30.6 Å². The molecule has 5 N–H and O–H groups in total. The van der Waals surface area contributed by atoms with Crippen molar-refractivity contribution in [1.29, 1.82) is 0 Å². The van der Waals surface area contributed by atoms with Crippen LogP contribution >= 0.6 is 11.6 Å². The highest BCUT2D eigenvalue weighted by molar-refractivity contribution is 6.19. The SMILES string of the molecule is CCC(=O)Nc1ccc2[nH]c(C(=O)Nc3ccc4[nH]c(C(=O)N5CC(CCl)c6c5cc(O)c5ccccc65)cc4c3)cc2c1. The number of phenols is 1. The molecule has 0 saturated heterocycles. The van der Waals surface area contributed by atoms with E-state index in [1.54, 1.807) is 48.2 Å². The first-order chi connectivity index (χ1) is 21.3. The van der Waals surface area contributed by atoms with Crippen LogP contribution in [0, 0.1) is 0 Å². The van der Waals surface area contributed by atoms with Gasteiger partial charge in [0.2, 0.25) is 5.91 Å². The van der Waals surface area contributed by atoms with E-state index in [9.17, 15) is 19.5 Å². The second-order valence-electron chi connectivity index (χ2n) is 11.0. The molecule has 2 aromatic heterocycles. The van der Waals surface area contributed by atoms with Crippen molar-refractivity contribution in [2.75, 3.05) is 28.0 Å². The van der Waals surface area contributed by atoms with Crippen LogP contribution in [0.4, 0.5) is 17.1 Å². The second-order valence-corrected chi connectivity index (χ2v) is 11.3. The minimum Gasteiger partial charge on any atom is -0.507 e. The number of nitrogens with zero attached hydrogens (tertiary/aromatic N) is 1. The first-order valence-corrected chi connectivity index (χ1v) is 14.9. The zero-order valence-electron chi connectivity index (χ0n) is 23.7. The van der Waals surface area contributed by atoms with Gasteiger partial charge in [-0.25, -0.2) is 0 Å². The van der Waals surface area contributed by atoms with Crippen molar-refractivity contribution in [1.82, 2.24) is 9.97 Å². The predicted octanol–water partition coefficient (Wildman–Crippen LogP) is 7.09. The van der Waals surface area contributed by atoms with Crippen LogP contribution in [-0.4, -0.2) is 45.2 Å². The summed E-state index contributed by atoms with van der Waals surface area (Å²) in [5.74, 6) is -0.252. The summed E-state index contributed by atoms with van der Waals surface area (Å²) in [4.78, 5) is 46.6. The highest BCUT2D eigenvalue weighted by atomic mass is 35.5. The molecule has 220 valence electrons. The number of hydrogen-bond acceptors (Lipinski definition) is 4. The van der Waals surface area contributed by atoms with Gasteiger partial charge in [0.05, 0.1) is 5.69 Å². The minimum absolute atomic E-state index is 0.0707. The van der Waals surface area contributed by atoms with Gasteiger partial charge in [-0.2, -0.15) is 0 Å². The maximum absolute atomic E-state index is 13.8. The van der Waals surface area contributed by atoms with Crippen molar-refractivity contribution in [3.05, 3.63) is 95.8 Å². The average Bonchev–Trinajstić information content (AvgIpc) is 3.75. The van der Waals surface area contributed by atoms with Crippen molar-refractivity contribution >= 4 is 79.0 Å². The summed E-state index contributed by atoms with van der Waals surface area (Å²) in [5.41, 5.74) is 5.13. The zero-order valence-corrected chi connectivity index (χ0v) is 24.5. The Balaban J connectivity index is 1.13. The third kappa shape index (κ3) is 4.71. The van der Waals surface area contributed by atoms with E-state index in [4.69, 9.17) is 11.6 Å². The van der Waals surface area contributed by atoms with Crippen LogP contribution in [0.15, 0.2) is 78.9 Å². The topological polar surface area (TPSA) is 130 Å². The summed E-state index contributed by atoms with van der Waals surface area (Å²) in [5, 5.41) is 19.6. The number of benzene rings is 4. The van der Waals surface area contributed by atoms with E-state index in [1.165, 1.54) is 0 Å². The fraction of sp³-hybridized carbons (Fsp3) is 0.147. The van der Waals surface area contributed by atoms with Gasteiger partial charge in [-0.15, -0.1) is 11.6 Å². The molecule has 0 aliphatic carbocycles. The van der Waals surface area contributed by atoms with Crippen molar-refractivity contribution in [2.24, 2.45) is 0 Å². The van der Waals surface area contributed by atoms with Gasteiger partial charge in [0.25, 0.3) is 11.8 Å². The first-order valence-electron chi connectivity index (χ1n) is 14.3. The number of H-pyrrole nitrogens is 2. The van der Waals surface area contributed by atoms with Gasteiger partial charge in [0.15, 0.2) is 0 Å².